The van der Waals surface area contributed by atoms with Crippen LogP contribution in [0.4, 0.5) is 4.79 Å². The zero-order valence-corrected chi connectivity index (χ0v) is 16.9. The lowest BCUT2D eigenvalue weighted by Gasteiger charge is -2.10. The van der Waals surface area contributed by atoms with Crippen LogP contribution in [0.25, 0.3) is 0 Å². The molecular weight excluding hydrogens is 324 g/mol. The Labute approximate surface area is 160 Å². The lowest BCUT2D eigenvalue weighted by molar-refractivity contribution is 0.0969. The fourth-order valence-corrected chi connectivity index (χ4v) is 3.06. The highest BCUT2D eigenvalue weighted by atomic mass is 16.7. The molecule has 0 radical (unpaired) electrons. The first-order valence-electron chi connectivity index (χ1n) is 10.7. The molecule has 1 aromatic carbocycles. The second-order valence-electron chi connectivity index (χ2n) is 7.09. The largest absolute Gasteiger partial charge is 0.513 e. The van der Waals surface area contributed by atoms with Crippen LogP contribution in [-0.2, 0) is 11.2 Å². The Hall–Kier alpha value is -1.51. The summed E-state index contributed by atoms with van der Waals surface area (Å²) in [7, 11) is 0. The topological polar surface area (TPSA) is 35.5 Å². The molecule has 0 aromatic heterocycles. The molecule has 0 spiro atoms. The van der Waals surface area contributed by atoms with Crippen molar-refractivity contribution in [3.05, 3.63) is 29.8 Å². The van der Waals surface area contributed by atoms with E-state index in [9.17, 15) is 4.79 Å². The van der Waals surface area contributed by atoms with Gasteiger partial charge < -0.3 is 9.47 Å². The molecule has 0 aliphatic rings. The van der Waals surface area contributed by atoms with Crippen molar-refractivity contribution in [2.75, 3.05) is 6.61 Å². The molecular formula is C23H38O3. The molecule has 3 nitrogen and oxygen atoms in total. The second kappa shape index (κ2) is 15.7. The highest BCUT2D eigenvalue weighted by molar-refractivity contribution is 5.64. The fraction of sp³-hybridized carbons (Fsp3) is 0.696. The molecule has 0 bridgehead atoms. The van der Waals surface area contributed by atoms with Crippen LogP contribution in [0, 0.1) is 0 Å². The number of carbonyl (C=O) groups is 1. The molecule has 26 heavy (non-hydrogen) atoms. The molecule has 0 heterocycles. The van der Waals surface area contributed by atoms with E-state index in [-0.39, 0.29) is 0 Å². The predicted octanol–water partition coefficient (Wildman–Crippen LogP) is 7.47. The highest BCUT2D eigenvalue weighted by Gasteiger charge is 2.10. The van der Waals surface area contributed by atoms with E-state index in [2.05, 4.69) is 13.8 Å². The van der Waals surface area contributed by atoms with Crippen molar-refractivity contribution < 1.29 is 14.3 Å². The Morgan fingerprint density at radius 2 is 1.35 bits per heavy atom. The van der Waals surface area contributed by atoms with Crippen LogP contribution in [-0.4, -0.2) is 12.8 Å². The molecule has 0 N–H and O–H groups in total. The van der Waals surface area contributed by atoms with Gasteiger partial charge in [0.15, 0.2) is 0 Å². The smallest absolute Gasteiger partial charge is 0.434 e. The van der Waals surface area contributed by atoms with Crippen LogP contribution >= 0.6 is 0 Å². The number of hydrogen-bond donors (Lipinski definition) is 0. The molecule has 0 amide bonds. The number of carbonyl (C=O) groups excluding carboxylic acids is 1. The van der Waals surface area contributed by atoms with Crippen LogP contribution < -0.4 is 4.74 Å². The maximum Gasteiger partial charge on any atom is 0.513 e. The first-order chi connectivity index (χ1) is 12.8. The van der Waals surface area contributed by atoms with Crippen LogP contribution in [0.2, 0.25) is 0 Å². The minimum atomic E-state index is -0.576. The minimum absolute atomic E-state index is 0.447. The van der Waals surface area contributed by atoms with Gasteiger partial charge in [-0.15, -0.1) is 0 Å². The third-order valence-electron chi connectivity index (χ3n) is 4.68. The molecule has 1 rings (SSSR count). The monoisotopic (exact) mass is 362 g/mol. The summed E-state index contributed by atoms with van der Waals surface area (Å²) < 4.78 is 10.6. The normalized spacial score (nSPS) is 10.7. The highest BCUT2D eigenvalue weighted by Crippen LogP contribution is 2.21. The summed E-state index contributed by atoms with van der Waals surface area (Å²) in [6.07, 6.45) is 15.0. The van der Waals surface area contributed by atoms with Gasteiger partial charge in [0.05, 0.1) is 6.61 Å². The number of ether oxygens (including phenoxy) is 2. The third-order valence-corrected chi connectivity index (χ3v) is 4.68. The van der Waals surface area contributed by atoms with Crippen molar-refractivity contribution >= 4 is 6.16 Å². The Morgan fingerprint density at radius 1 is 0.769 bits per heavy atom. The Balaban J connectivity index is 2.24. The summed E-state index contributed by atoms with van der Waals surface area (Å²) in [5, 5.41) is 0. The zero-order chi connectivity index (χ0) is 18.9. The van der Waals surface area contributed by atoms with E-state index in [4.69, 9.17) is 9.47 Å². The summed E-state index contributed by atoms with van der Waals surface area (Å²) in [5.41, 5.74) is 1.10. The van der Waals surface area contributed by atoms with Gasteiger partial charge in [-0.25, -0.2) is 4.79 Å². The van der Waals surface area contributed by atoms with Gasteiger partial charge >= 0.3 is 6.16 Å². The van der Waals surface area contributed by atoms with Gasteiger partial charge in [-0.05, 0) is 30.9 Å². The van der Waals surface area contributed by atoms with Crippen LogP contribution in [0.1, 0.15) is 96.5 Å². The number of benzene rings is 1. The van der Waals surface area contributed by atoms with Gasteiger partial charge in [-0.3, -0.25) is 0 Å². The average Bonchev–Trinajstić information content (AvgIpc) is 2.65. The van der Waals surface area contributed by atoms with Crippen molar-refractivity contribution in [2.24, 2.45) is 0 Å². The Bertz CT molecular complexity index is 470. The van der Waals surface area contributed by atoms with Crippen LogP contribution in [0.3, 0.4) is 0 Å². The van der Waals surface area contributed by atoms with Gasteiger partial charge in [0.1, 0.15) is 5.75 Å². The van der Waals surface area contributed by atoms with Gasteiger partial charge in [0.2, 0.25) is 0 Å². The van der Waals surface area contributed by atoms with Crippen molar-refractivity contribution in [3.63, 3.8) is 0 Å². The molecule has 0 fully saturated rings. The van der Waals surface area contributed by atoms with Crippen molar-refractivity contribution in [3.8, 4) is 5.75 Å². The third kappa shape index (κ3) is 11.2. The molecule has 0 aliphatic carbocycles. The summed E-state index contributed by atoms with van der Waals surface area (Å²) in [4.78, 5) is 11.9. The Kier molecular flexibility index (Phi) is 13.6. The average molecular weight is 363 g/mol. The van der Waals surface area contributed by atoms with E-state index in [1.165, 1.54) is 57.8 Å². The number of para-hydroxylation sites is 1. The maximum absolute atomic E-state index is 11.9. The molecule has 1 aromatic rings. The van der Waals surface area contributed by atoms with Gasteiger partial charge in [0, 0.05) is 0 Å². The van der Waals surface area contributed by atoms with E-state index in [1.807, 2.05) is 24.3 Å². The van der Waals surface area contributed by atoms with E-state index in [0.717, 1.165) is 31.2 Å². The summed E-state index contributed by atoms with van der Waals surface area (Å²) in [6, 6.07) is 7.81. The molecule has 0 saturated heterocycles. The Morgan fingerprint density at radius 3 is 2.04 bits per heavy atom. The molecule has 0 unspecified atom stereocenters. The van der Waals surface area contributed by atoms with Gasteiger partial charge in [-0.2, -0.15) is 0 Å². The summed E-state index contributed by atoms with van der Waals surface area (Å²) in [5.74, 6) is 0.648. The molecule has 0 saturated carbocycles. The van der Waals surface area contributed by atoms with Crippen LogP contribution in [0.15, 0.2) is 24.3 Å². The standard InChI is InChI=1S/C23H38O3/c1-3-5-7-9-10-11-13-17-21-18-14-15-19-22(21)26-23(24)25-20-16-12-8-6-4-2/h14-15,18-19H,3-13,16-17,20H2,1-2H3. The summed E-state index contributed by atoms with van der Waals surface area (Å²) >= 11 is 0. The first kappa shape index (κ1) is 22.5. The fourth-order valence-electron chi connectivity index (χ4n) is 3.06. The van der Waals surface area contributed by atoms with E-state index >= 15 is 0 Å². The molecule has 148 valence electrons. The van der Waals surface area contributed by atoms with Crippen molar-refractivity contribution in [2.45, 2.75) is 97.3 Å². The lowest BCUT2D eigenvalue weighted by Crippen LogP contribution is -2.12. The predicted molar refractivity (Wildman–Crippen MR) is 109 cm³/mol. The number of rotatable bonds is 15. The molecule has 0 aliphatic heterocycles. The van der Waals surface area contributed by atoms with E-state index in [0.29, 0.717) is 12.4 Å². The van der Waals surface area contributed by atoms with Gasteiger partial charge in [-0.1, -0.05) is 96.3 Å². The number of unbranched alkanes of at least 4 members (excludes halogenated alkanes) is 10. The quantitative estimate of drug-likeness (QED) is 0.184. The SMILES string of the molecule is CCCCCCCCCc1ccccc1OC(=O)OCCCCCCC. The lowest BCUT2D eigenvalue weighted by atomic mass is 10.0. The molecule has 3 heteroatoms. The minimum Gasteiger partial charge on any atom is -0.434 e. The summed E-state index contributed by atoms with van der Waals surface area (Å²) in [6.45, 7) is 4.88. The maximum atomic E-state index is 11.9. The first-order valence-corrected chi connectivity index (χ1v) is 10.7. The zero-order valence-electron chi connectivity index (χ0n) is 16.9. The number of aryl methyl sites for hydroxylation is 1. The van der Waals surface area contributed by atoms with Crippen molar-refractivity contribution in [1.82, 2.24) is 0 Å². The van der Waals surface area contributed by atoms with Gasteiger partial charge in [0.25, 0.3) is 0 Å². The number of hydrogen-bond acceptors (Lipinski definition) is 3. The second-order valence-corrected chi connectivity index (χ2v) is 7.09. The molecule has 0 atom stereocenters. The van der Waals surface area contributed by atoms with Crippen molar-refractivity contribution in [1.29, 1.82) is 0 Å². The van der Waals surface area contributed by atoms with E-state index in [1.54, 1.807) is 0 Å². The van der Waals surface area contributed by atoms with E-state index < -0.39 is 6.16 Å². The van der Waals surface area contributed by atoms with Crippen LogP contribution in [0.5, 0.6) is 5.75 Å².